The number of hydrogen-bond acceptors (Lipinski definition) is 3. The summed E-state index contributed by atoms with van der Waals surface area (Å²) < 4.78 is 11.8. The van der Waals surface area contributed by atoms with Gasteiger partial charge in [-0.25, -0.2) is 4.79 Å². The molecule has 0 aliphatic rings. The first kappa shape index (κ1) is 15.6. The smallest absolute Gasteiger partial charge is 0.342 e. The third-order valence-corrected chi connectivity index (χ3v) is 3.33. The minimum Gasteiger partial charge on any atom is -0.493 e. The lowest BCUT2D eigenvalue weighted by atomic mass is 10.2. The van der Waals surface area contributed by atoms with E-state index in [2.05, 4.69) is 15.9 Å². The zero-order valence-electron chi connectivity index (χ0n) is 11.8. The van der Waals surface area contributed by atoms with Crippen molar-refractivity contribution in [1.29, 1.82) is 0 Å². The molecule has 0 bridgehead atoms. The number of rotatable bonds is 6. The van der Waals surface area contributed by atoms with Crippen LogP contribution in [0, 0.1) is 0 Å². The summed E-state index contributed by atoms with van der Waals surface area (Å²) in [5, 5.41) is 0. The van der Waals surface area contributed by atoms with Crippen molar-refractivity contribution in [2.24, 2.45) is 0 Å². The fourth-order valence-electron chi connectivity index (χ4n) is 1.80. The van der Waals surface area contributed by atoms with Gasteiger partial charge in [-0.15, -0.1) is 0 Å². The van der Waals surface area contributed by atoms with Gasteiger partial charge in [0.05, 0.1) is 6.61 Å². The monoisotopic (exact) mass is 348 g/mol. The highest BCUT2D eigenvalue weighted by Crippen LogP contribution is 2.25. The molecular weight excluding hydrogens is 332 g/mol. The van der Waals surface area contributed by atoms with Crippen molar-refractivity contribution >= 4 is 21.9 Å². The molecule has 0 aliphatic carbocycles. The normalized spacial score (nSPS) is 10.2. The molecule has 0 atom stereocenters. The molecule has 2 aromatic rings. The Kier molecular flexibility index (Phi) is 5.81. The third kappa shape index (κ3) is 4.60. The average molecular weight is 349 g/mol. The van der Waals surface area contributed by atoms with E-state index in [1.807, 2.05) is 37.3 Å². The molecule has 0 N–H and O–H groups in total. The largest absolute Gasteiger partial charge is 0.493 e. The van der Waals surface area contributed by atoms with Crippen LogP contribution in [-0.2, 0) is 11.3 Å². The lowest BCUT2D eigenvalue weighted by Gasteiger charge is -2.11. The highest BCUT2D eigenvalue weighted by molar-refractivity contribution is 9.10. The van der Waals surface area contributed by atoms with Gasteiger partial charge in [-0.05, 0) is 30.2 Å². The van der Waals surface area contributed by atoms with Gasteiger partial charge in [-0.3, -0.25) is 0 Å². The second-order valence-electron chi connectivity index (χ2n) is 4.55. The number of esters is 1. The van der Waals surface area contributed by atoms with Gasteiger partial charge in [-0.1, -0.05) is 53.2 Å². The Bertz CT molecular complexity index is 596. The van der Waals surface area contributed by atoms with Gasteiger partial charge in [-0.2, -0.15) is 0 Å². The van der Waals surface area contributed by atoms with Crippen molar-refractivity contribution in [2.75, 3.05) is 6.61 Å². The van der Waals surface area contributed by atoms with Gasteiger partial charge in [0.25, 0.3) is 0 Å². The van der Waals surface area contributed by atoms with Crippen molar-refractivity contribution in [1.82, 2.24) is 0 Å². The molecule has 0 fully saturated rings. The molecule has 3 nitrogen and oxygen atoms in total. The van der Waals surface area contributed by atoms with Gasteiger partial charge in [0, 0.05) is 4.47 Å². The fourth-order valence-corrected chi connectivity index (χ4v) is 2.14. The van der Waals surface area contributed by atoms with Crippen LogP contribution in [0.2, 0.25) is 0 Å². The van der Waals surface area contributed by atoms with E-state index in [-0.39, 0.29) is 12.6 Å². The molecule has 0 aliphatic heterocycles. The van der Waals surface area contributed by atoms with Gasteiger partial charge in [0.1, 0.15) is 17.9 Å². The molecule has 4 heteroatoms. The molecular formula is C17H17BrO3. The SMILES string of the molecule is CCCOc1cc(Br)ccc1C(=O)OCc1ccccc1. The Balaban J connectivity index is 2.07. The number of carbonyl (C=O) groups is 1. The standard InChI is InChI=1S/C17H17BrO3/c1-2-10-20-16-11-14(18)8-9-15(16)17(19)21-12-13-6-4-3-5-7-13/h3-9,11H,2,10,12H2,1H3. The second-order valence-corrected chi connectivity index (χ2v) is 5.47. The molecule has 2 aromatic carbocycles. The average Bonchev–Trinajstić information content (AvgIpc) is 2.51. The number of carbonyl (C=O) groups excluding carboxylic acids is 1. The van der Waals surface area contributed by atoms with Crippen molar-refractivity contribution < 1.29 is 14.3 Å². The first-order valence-corrected chi connectivity index (χ1v) is 7.63. The predicted octanol–water partition coefficient (Wildman–Crippen LogP) is 4.59. The van der Waals surface area contributed by atoms with Crippen molar-refractivity contribution in [3.8, 4) is 5.75 Å². The molecule has 2 rings (SSSR count). The fraction of sp³-hybridized carbons (Fsp3) is 0.235. The lowest BCUT2D eigenvalue weighted by molar-refractivity contribution is 0.0468. The Morgan fingerprint density at radius 1 is 1.14 bits per heavy atom. The Morgan fingerprint density at radius 3 is 2.62 bits per heavy atom. The summed E-state index contributed by atoms with van der Waals surface area (Å²) in [6, 6.07) is 14.9. The molecule has 21 heavy (non-hydrogen) atoms. The first-order valence-electron chi connectivity index (χ1n) is 6.84. The molecule has 0 radical (unpaired) electrons. The molecule has 0 aromatic heterocycles. The predicted molar refractivity (Wildman–Crippen MR) is 85.5 cm³/mol. The topological polar surface area (TPSA) is 35.5 Å². The number of benzene rings is 2. The lowest BCUT2D eigenvalue weighted by Crippen LogP contribution is -2.08. The molecule has 110 valence electrons. The van der Waals surface area contributed by atoms with Crippen LogP contribution in [0.4, 0.5) is 0 Å². The minimum absolute atomic E-state index is 0.253. The van der Waals surface area contributed by atoms with Gasteiger partial charge in [0.2, 0.25) is 0 Å². The van der Waals surface area contributed by atoms with Crippen LogP contribution in [0.5, 0.6) is 5.75 Å². The van der Waals surface area contributed by atoms with E-state index in [0.717, 1.165) is 16.5 Å². The van der Waals surface area contributed by atoms with Crippen LogP contribution >= 0.6 is 15.9 Å². The number of hydrogen-bond donors (Lipinski definition) is 0. The van der Waals surface area contributed by atoms with Crippen molar-refractivity contribution in [2.45, 2.75) is 20.0 Å². The number of ether oxygens (including phenoxy) is 2. The van der Waals surface area contributed by atoms with Crippen LogP contribution in [0.25, 0.3) is 0 Å². The maximum Gasteiger partial charge on any atom is 0.342 e. The summed E-state index contributed by atoms with van der Waals surface area (Å²) in [7, 11) is 0. The number of halogens is 1. The second kappa shape index (κ2) is 7.84. The van der Waals surface area contributed by atoms with Crippen molar-refractivity contribution in [3.05, 3.63) is 64.1 Å². The van der Waals surface area contributed by atoms with E-state index in [4.69, 9.17) is 9.47 Å². The highest BCUT2D eigenvalue weighted by Gasteiger charge is 2.14. The Hall–Kier alpha value is -1.81. The summed E-state index contributed by atoms with van der Waals surface area (Å²) in [6.45, 7) is 2.84. The van der Waals surface area contributed by atoms with Gasteiger partial charge < -0.3 is 9.47 Å². The van der Waals surface area contributed by atoms with Crippen LogP contribution in [0.3, 0.4) is 0 Å². The third-order valence-electron chi connectivity index (χ3n) is 2.84. The quantitative estimate of drug-likeness (QED) is 0.716. The van der Waals surface area contributed by atoms with Crippen LogP contribution < -0.4 is 4.74 Å². The summed E-state index contributed by atoms with van der Waals surface area (Å²) >= 11 is 3.38. The zero-order chi connectivity index (χ0) is 15.1. The maximum absolute atomic E-state index is 12.2. The van der Waals surface area contributed by atoms with E-state index in [0.29, 0.717) is 17.9 Å². The first-order chi connectivity index (χ1) is 10.2. The van der Waals surface area contributed by atoms with Crippen LogP contribution in [0.15, 0.2) is 53.0 Å². The van der Waals surface area contributed by atoms with Crippen molar-refractivity contribution in [3.63, 3.8) is 0 Å². The zero-order valence-corrected chi connectivity index (χ0v) is 13.4. The maximum atomic E-state index is 12.2. The summed E-state index contributed by atoms with van der Waals surface area (Å²) in [4.78, 5) is 12.2. The van der Waals surface area contributed by atoms with E-state index in [1.54, 1.807) is 18.2 Å². The summed E-state index contributed by atoms with van der Waals surface area (Å²) in [5.74, 6) is 0.168. The Labute approximate surface area is 133 Å². The Morgan fingerprint density at radius 2 is 1.90 bits per heavy atom. The van der Waals surface area contributed by atoms with E-state index in [9.17, 15) is 4.79 Å². The van der Waals surface area contributed by atoms with E-state index < -0.39 is 0 Å². The van der Waals surface area contributed by atoms with E-state index >= 15 is 0 Å². The van der Waals surface area contributed by atoms with Crippen LogP contribution in [0.1, 0.15) is 29.3 Å². The van der Waals surface area contributed by atoms with Crippen LogP contribution in [-0.4, -0.2) is 12.6 Å². The summed E-state index contributed by atoms with van der Waals surface area (Å²) in [5.41, 5.74) is 1.40. The van der Waals surface area contributed by atoms with Gasteiger partial charge in [0.15, 0.2) is 0 Å². The summed E-state index contributed by atoms with van der Waals surface area (Å²) in [6.07, 6.45) is 0.880. The minimum atomic E-state index is -0.377. The highest BCUT2D eigenvalue weighted by atomic mass is 79.9. The van der Waals surface area contributed by atoms with E-state index in [1.165, 1.54) is 0 Å². The molecule has 0 unspecified atom stereocenters. The van der Waals surface area contributed by atoms with Gasteiger partial charge >= 0.3 is 5.97 Å². The molecule has 0 saturated heterocycles. The molecule has 0 amide bonds. The molecule has 0 heterocycles. The molecule has 0 saturated carbocycles. The molecule has 0 spiro atoms.